The third kappa shape index (κ3) is 3.18. The van der Waals surface area contributed by atoms with Crippen molar-refractivity contribution in [2.75, 3.05) is 26.3 Å². The fourth-order valence-corrected chi connectivity index (χ4v) is 3.23. The summed E-state index contributed by atoms with van der Waals surface area (Å²) in [6, 6.07) is 7.92. The minimum atomic E-state index is 0.760. The van der Waals surface area contributed by atoms with Crippen LogP contribution in [0.1, 0.15) is 18.4 Å². The highest BCUT2D eigenvalue weighted by Crippen LogP contribution is 2.35. The maximum atomic E-state index is 6.29. The van der Waals surface area contributed by atoms with Crippen LogP contribution in [0.25, 0.3) is 6.08 Å². The van der Waals surface area contributed by atoms with Gasteiger partial charge in [-0.1, -0.05) is 29.8 Å². The van der Waals surface area contributed by atoms with Crippen LogP contribution in [-0.4, -0.2) is 37.4 Å². The highest BCUT2D eigenvalue weighted by molar-refractivity contribution is 6.32. The molecule has 3 rings (SSSR count). The number of hydrogen-bond acceptors (Lipinski definition) is 4. The molecule has 2 N–H and O–H groups in total. The van der Waals surface area contributed by atoms with E-state index in [0.29, 0.717) is 0 Å². The van der Waals surface area contributed by atoms with E-state index in [0.717, 1.165) is 49.7 Å². The van der Waals surface area contributed by atoms with E-state index in [-0.39, 0.29) is 0 Å². The molecule has 22 heavy (non-hydrogen) atoms. The van der Waals surface area contributed by atoms with Gasteiger partial charge in [0.15, 0.2) is 0 Å². The monoisotopic (exact) mass is 317 g/mol. The van der Waals surface area contributed by atoms with Gasteiger partial charge in [-0.15, -0.1) is 0 Å². The predicted molar refractivity (Wildman–Crippen MR) is 90.8 cm³/mol. The molecule has 1 aromatic carbocycles. The summed E-state index contributed by atoms with van der Waals surface area (Å²) in [4.78, 5) is 2.37. The lowest BCUT2D eigenvalue weighted by Crippen LogP contribution is -2.36. The molecule has 116 valence electrons. The number of ether oxygens (including phenoxy) is 1. The van der Waals surface area contributed by atoms with Gasteiger partial charge in [0.05, 0.1) is 19.4 Å². The van der Waals surface area contributed by atoms with Crippen molar-refractivity contribution in [3.8, 4) is 0 Å². The summed E-state index contributed by atoms with van der Waals surface area (Å²) >= 11 is 6.29. The van der Waals surface area contributed by atoms with E-state index in [9.17, 15) is 0 Å². The highest BCUT2D eigenvalue weighted by Gasteiger charge is 2.25. The zero-order valence-electron chi connectivity index (χ0n) is 12.5. The number of hydrogen-bond donors (Lipinski definition) is 1. The van der Waals surface area contributed by atoms with E-state index in [1.54, 1.807) is 6.21 Å². The largest absolute Gasteiger partial charge is 0.378 e. The highest BCUT2D eigenvalue weighted by atomic mass is 35.5. The number of halogens is 1. The van der Waals surface area contributed by atoms with Crippen LogP contribution in [0.2, 0.25) is 5.02 Å². The fourth-order valence-electron chi connectivity index (χ4n) is 3.04. The van der Waals surface area contributed by atoms with Crippen molar-refractivity contribution in [3.05, 3.63) is 51.7 Å². The minimum Gasteiger partial charge on any atom is -0.378 e. The molecule has 2 aliphatic rings. The first kappa shape index (κ1) is 15.1. The molecular weight excluding hydrogens is 298 g/mol. The smallest absolute Gasteiger partial charge is 0.0642 e. The summed E-state index contributed by atoms with van der Waals surface area (Å²) in [7, 11) is 0. The molecule has 0 saturated carbocycles. The summed E-state index contributed by atoms with van der Waals surface area (Å²) in [6.07, 6.45) is 5.91. The molecule has 0 unspecified atom stereocenters. The van der Waals surface area contributed by atoms with E-state index >= 15 is 0 Å². The van der Waals surface area contributed by atoms with Gasteiger partial charge in [-0.3, -0.25) is 0 Å². The van der Waals surface area contributed by atoms with Gasteiger partial charge in [0, 0.05) is 23.8 Å². The molecule has 0 radical (unpaired) electrons. The Balaban J connectivity index is 1.98. The molecule has 1 heterocycles. The molecule has 4 nitrogen and oxygen atoms in total. The maximum absolute atomic E-state index is 6.29. The normalized spacial score (nSPS) is 21.3. The molecular formula is C17H20ClN3O. The van der Waals surface area contributed by atoms with E-state index < -0.39 is 0 Å². The van der Waals surface area contributed by atoms with Crippen molar-refractivity contribution < 1.29 is 4.74 Å². The van der Waals surface area contributed by atoms with Gasteiger partial charge in [0.25, 0.3) is 0 Å². The molecule has 5 heteroatoms. The van der Waals surface area contributed by atoms with E-state index in [1.807, 2.05) is 24.3 Å². The van der Waals surface area contributed by atoms with Gasteiger partial charge in [0.1, 0.15) is 0 Å². The topological polar surface area (TPSA) is 50.8 Å². The van der Waals surface area contributed by atoms with Crippen LogP contribution in [0, 0.1) is 0 Å². The number of nitrogens with zero attached hydrogens (tertiary/aromatic N) is 2. The second kappa shape index (κ2) is 6.99. The van der Waals surface area contributed by atoms with E-state index in [4.69, 9.17) is 22.2 Å². The van der Waals surface area contributed by atoms with Crippen LogP contribution < -0.4 is 5.84 Å². The Morgan fingerprint density at radius 1 is 1.18 bits per heavy atom. The second-order valence-electron chi connectivity index (χ2n) is 5.44. The quantitative estimate of drug-likeness (QED) is 0.529. The lowest BCUT2D eigenvalue weighted by molar-refractivity contribution is 0.0548. The Kier molecular flexibility index (Phi) is 4.80. The molecule has 1 aromatic rings. The minimum absolute atomic E-state index is 0.760. The van der Waals surface area contributed by atoms with Crippen molar-refractivity contribution in [2.45, 2.75) is 12.8 Å². The Bertz CT molecular complexity index is 631. The number of allylic oxidation sites excluding steroid dienone is 2. The van der Waals surface area contributed by atoms with Crippen molar-refractivity contribution in [3.63, 3.8) is 0 Å². The van der Waals surface area contributed by atoms with Crippen LogP contribution >= 0.6 is 11.6 Å². The van der Waals surface area contributed by atoms with Crippen LogP contribution in [0.3, 0.4) is 0 Å². The maximum Gasteiger partial charge on any atom is 0.0642 e. The number of morpholine rings is 1. The average Bonchev–Trinajstić information content (AvgIpc) is 2.93. The summed E-state index contributed by atoms with van der Waals surface area (Å²) in [5.74, 6) is 5.37. The van der Waals surface area contributed by atoms with Gasteiger partial charge in [-0.05, 0) is 41.7 Å². The van der Waals surface area contributed by atoms with Crippen LogP contribution in [0.5, 0.6) is 0 Å². The Hall–Kier alpha value is -1.78. The van der Waals surface area contributed by atoms with Crippen LogP contribution in [0.15, 0.2) is 46.2 Å². The van der Waals surface area contributed by atoms with Gasteiger partial charge in [-0.25, -0.2) is 0 Å². The number of benzene rings is 1. The van der Waals surface area contributed by atoms with Gasteiger partial charge >= 0.3 is 0 Å². The predicted octanol–water partition coefficient (Wildman–Crippen LogP) is 3.05. The molecule has 0 bridgehead atoms. The van der Waals surface area contributed by atoms with E-state index in [2.05, 4.69) is 16.1 Å². The first-order chi connectivity index (χ1) is 10.8. The molecule has 0 amide bonds. The molecule has 0 aromatic heterocycles. The summed E-state index contributed by atoms with van der Waals surface area (Å²) < 4.78 is 5.46. The summed E-state index contributed by atoms with van der Waals surface area (Å²) in [5, 5.41) is 4.50. The molecule has 0 atom stereocenters. The SMILES string of the molecule is N/N=C\C1=C(N2CCOCC2)C(=C/c2ccccc2Cl)/CC1. The lowest BCUT2D eigenvalue weighted by atomic mass is 10.1. The molecule has 0 spiro atoms. The Labute approximate surface area is 135 Å². The lowest BCUT2D eigenvalue weighted by Gasteiger charge is -2.31. The van der Waals surface area contributed by atoms with E-state index in [1.165, 1.54) is 16.8 Å². The third-order valence-electron chi connectivity index (χ3n) is 4.06. The third-order valence-corrected chi connectivity index (χ3v) is 4.41. The molecule has 1 aliphatic heterocycles. The summed E-state index contributed by atoms with van der Waals surface area (Å²) in [6.45, 7) is 3.32. The van der Waals surface area contributed by atoms with Crippen LogP contribution in [0.4, 0.5) is 0 Å². The van der Waals surface area contributed by atoms with Crippen molar-refractivity contribution in [1.82, 2.24) is 4.90 Å². The number of hydrazone groups is 1. The van der Waals surface area contributed by atoms with Crippen molar-refractivity contribution >= 4 is 23.9 Å². The van der Waals surface area contributed by atoms with Crippen LogP contribution in [-0.2, 0) is 4.74 Å². The van der Waals surface area contributed by atoms with Crippen molar-refractivity contribution in [2.24, 2.45) is 10.9 Å². The van der Waals surface area contributed by atoms with Gasteiger partial charge in [-0.2, -0.15) is 5.10 Å². The summed E-state index contributed by atoms with van der Waals surface area (Å²) in [5.41, 5.74) is 4.79. The Morgan fingerprint density at radius 3 is 2.68 bits per heavy atom. The first-order valence-electron chi connectivity index (χ1n) is 7.54. The Morgan fingerprint density at radius 2 is 1.95 bits per heavy atom. The zero-order valence-corrected chi connectivity index (χ0v) is 13.2. The number of nitrogens with two attached hydrogens (primary N) is 1. The first-order valence-corrected chi connectivity index (χ1v) is 7.92. The van der Waals surface area contributed by atoms with Crippen molar-refractivity contribution in [1.29, 1.82) is 0 Å². The van der Waals surface area contributed by atoms with Gasteiger partial charge < -0.3 is 15.5 Å². The second-order valence-corrected chi connectivity index (χ2v) is 5.85. The molecule has 1 fully saturated rings. The number of rotatable bonds is 3. The molecule has 1 aliphatic carbocycles. The van der Waals surface area contributed by atoms with Gasteiger partial charge in [0.2, 0.25) is 0 Å². The fraction of sp³-hybridized carbons (Fsp3) is 0.353. The zero-order chi connectivity index (χ0) is 15.4. The standard InChI is InChI=1S/C17H20ClN3O/c18-16-4-2-1-3-13(16)11-14-5-6-15(12-20-19)17(14)21-7-9-22-10-8-21/h1-4,11-12H,5-10,19H2/b14-11+,20-12-. The molecule has 1 saturated heterocycles. The average molecular weight is 318 g/mol.